The SMILES string of the molecule is CN(C)CC(O)CNC(=O)C(=O)Nc1ccc(C(C)(C)C#N)cc1. The Bertz CT molecular complexity index is 618. The van der Waals surface area contributed by atoms with Gasteiger partial charge in [0.05, 0.1) is 17.6 Å². The Morgan fingerprint density at radius 2 is 1.83 bits per heavy atom. The van der Waals surface area contributed by atoms with Crippen molar-refractivity contribution in [3.8, 4) is 6.07 Å². The lowest BCUT2D eigenvalue weighted by Gasteiger charge is -2.17. The van der Waals surface area contributed by atoms with Crippen LogP contribution in [0.2, 0.25) is 0 Å². The molecule has 1 aromatic carbocycles. The maximum Gasteiger partial charge on any atom is 0.313 e. The second kappa shape index (κ2) is 8.43. The number of benzene rings is 1. The first-order valence-corrected chi connectivity index (χ1v) is 7.59. The van der Waals surface area contributed by atoms with E-state index in [0.717, 1.165) is 5.56 Å². The van der Waals surface area contributed by atoms with Gasteiger partial charge in [-0.25, -0.2) is 0 Å². The van der Waals surface area contributed by atoms with E-state index in [2.05, 4.69) is 16.7 Å². The standard InChI is InChI=1S/C17H24N4O3/c1-17(2,11-18)12-5-7-13(8-6-12)20-16(24)15(23)19-9-14(22)10-21(3)4/h5-8,14,22H,9-10H2,1-4H3,(H,19,23)(H,20,24). The van der Waals surface area contributed by atoms with Crippen molar-refractivity contribution in [3.05, 3.63) is 29.8 Å². The Balaban J connectivity index is 2.56. The summed E-state index contributed by atoms with van der Waals surface area (Å²) in [5.74, 6) is -1.62. The molecule has 3 N–H and O–H groups in total. The quantitative estimate of drug-likeness (QED) is 0.657. The molecule has 1 unspecified atom stereocenters. The minimum absolute atomic E-state index is 0.000268. The van der Waals surface area contributed by atoms with Crippen LogP contribution in [0.15, 0.2) is 24.3 Å². The number of amides is 2. The molecule has 1 aromatic rings. The van der Waals surface area contributed by atoms with Crippen molar-refractivity contribution in [3.63, 3.8) is 0 Å². The summed E-state index contributed by atoms with van der Waals surface area (Å²) in [4.78, 5) is 25.3. The fourth-order valence-electron chi connectivity index (χ4n) is 2.00. The highest BCUT2D eigenvalue weighted by Crippen LogP contribution is 2.23. The molecule has 0 aliphatic heterocycles. The first-order chi connectivity index (χ1) is 11.2. The fourth-order valence-corrected chi connectivity index (χ4v) is 2.00. The molecule has 0 aliphatic carbocycles. The Morgan fingerprint density at radius 1 is 1.25 bits per heavy atom. The molecule has 7 heteroatoms. The zero-order valence-corrected chi connectivity index (χ0v) is 14.5. The van der Waals surface area contributed by atoms with Crippen LogP contribution >= 0.6 is 0 Å². The van der Waals surface area contributed by atoms with E-state index in [0.29, 0.717) is 12.2 Å². The van der Waals surface area contributed by atoms with Crippen LogP contribution in [0.1, 0.15) is 19.4 Å². The third-order valence-corrected chi connectivity index (χ3v) is 3.42. The maximum absolute atomic E-state index is 11.8. The summed E-state index contributed by atoms with van der Waals surface area (Å²) in [6, 6.07) is 8.94. The molecule has 0 fully saturated rings. The molecule has 2 amide bonds. The van der Waals surface area contributed by atoms with E-state index in [4.69, 9.17) is 5.26 Å². The van der Waals surface area contributed by atoms with Crippen molar-refractivity contribution in [2.45, 2.75) is 25.4 Å². The topological polar surface area (TPSA) is 105 Å². The van der Waals surface area contributed by atoms with E-state index in [1.165, 1.54) is 0 Å². The highest BCUT2D eigenvalue weighted by atomic mass is 16.3. The molecule has 1 atom stereocenters. The fraction of sp³-hybridized carbons (Fsp3) is 0.471. The highest BCUT2D eigenvalue weighted by Gasteiger charge is 2.20. The van der Waals surface area contributed by atoms with Crippen molar-refractivity contribution in [1.82, 2.24) is 10.2 Å². The zero-order valence-electron chi connectivity index (χ0n) is 14.5. The molecule has 130 valence electrons. The van der Waals surface area contributed by atoms with Crippen molar-refractivity contribution in [1.29, 1.82) is 5.26 Å². The third kappa shape index (κ3) is 5.99. The molecular formula is C17H24N4O3. The van der Waals surface area contributed by atoms with E-state index in [-0.39, 0.29) is 6.54 Å². The van der Waals surface area contributed by atoms with Gasteiger partial charge in [0.2, 0.25) is 0 Å². The predicted octanol–water partition coefficient (Wildman–Crippen LogP) is 0.465. The summed E-state index contributed by atoms with van der Waals surface area (Å²) in [7, 11) is 3.60. The monoisotopic (exact) mass is 332 g/mol. The van der Waals surface area contributed by atoms with Crippen molar-refractivity contribution in [2.75, 3.05) is 32.5 Å². The normalized spacial score (nSPS) is 12.4. The Labute approximate surface area is 142 Å². The zero-order chi connectivity index (χ0) is 18.3. The van der Waals surface area contributed by atoms with Gasteiger partial charge in [-0.3, -0.25) is 9.59 Å². The highest BCUT2D eigenvalue weighted by molar-refractivity contribution is 6.39. The number of hydrogen-bond donors (Lipinski definition) is 3. The van der Waals surface area contributed by atoms with E-state index in [1.54, 1.807) is 57.1 Å². The Hall–Kier alpha value is -2.43. The molecule has 0 spiro atoms. The minimum atomic E-state index is -0.811. The van der Waals surface area contributed by atoms with Gasteiger partial charge in [-0.05, 0) is 45.6 Å². The lowest BCUT2D eigenvalue weighted by molar-refractivity contribution is -0.136. The number of aliphatic hydroxyl groups is 1. The summed E-state index contributed by atoms with van der Waals surface area (Å²) < 4.78 is 0. The second-order valence-electron chi connectivity index (χ2n) is 6.39. The van der Waals surface area contributed by atoms with Gasteiger partial charge in [-0.2, -0.15) is 5.26 Å². The second-order valence-corrected chi connectivity index (χ2v) is 6.39. The van der Waals surface area contributed by atoms with Crippen LogP contribution in [0.4, 0.5) is 5.69 Å². The van der Waals surface area contributed by atoms with Crippen molar-refractivity contribution >= 4 is 17.5 Å². The smallest absolute Gasteiger partial charge is 0.313 e. The average molecular weight is 332 g/mol. The summed E-state index contributed by atoms with van der Waals surface area (Å²) in [5.41, 5.74) is 0.656. The van der Waals surface area contributed by atoms with Crippen LogP contribution < -0.4 is 10.6 Å². The van der Waals surface area contributed by atoms with Crippen LogP contribution in [0.5, 0.6) is 0 Å². The van der Waals surface area contributed by atoms with E-state index in [1.807, 2.05) is 0 Å². The predicted molar refractivity (Wildman–Crippen MR) is 91.3 cm³/mol. The number of carbonyl (C=O) groups is 2. The number of anilines is 1. The van der Waals surface area contributed by atoms with Crippen LogP contribution in [-0.2, 0) is 15.0 Å². The van der Waals surface area contributed by atoms with Crippen molar-refractivity contribution < 1.29 is 14.7 Å². The number of likely N-dealkylation sites (N-methyl/N-ethyl adjacent to an activating group) is 1. The first kappa shape index (κ1) is 19.6. The molecule has 7 nitrogen and oxygen atoms in total. The lowest BCUT2D eigenvalue weighted by atomic mass is 9.86. The summed E-state index contributed by atoms with van der Waals surface area (Å²) >= 11 is 0. The molecule has 24 heavy (non-hydrogen) atoms. The van der Waals surface area contributed by atoms with Gasteiger partial charge in [-0.15, -0.1) is 0 Å². The van der Waals surface area contributed by atoms with Crippen LogP contribution in [0.3, 0.4) is 0 Å². The number of nitriles is 1. The third-order valence-electron chi connectivity index (χ3n) is 3.42. The van der Waals surface area contributed by atoms with Crippen molar-refractivity contribution in [2.24, 2.45) is 0 Å². The molecule has 0 aliphatic rings. The number of nitrogens with one attached hydrogen (secondary N) is 2. The molecule has 0 aromatic heterocycles. The van der Waals surface area contributed by atoms with Gasteiger partial charge in [0, 0.05) is 18.8 Å². The number of aliphatic hydroxyl groups excluding tert-OH is 1. The van der Waals surface area contributed by atoms with Gasteiger partial charge in [0.25, 0.3) is 0 Å². The van der Waals surface area contributed by atoms with Gasteiger partial charge >= 0.3 is 11.8 Å². The Kier molecular flexibility index (Phi) is 6.89. The molecule has 0 saturated carbocycles. The summed E-state index contributed by atoms with van der Waals surface area (Å²) in [6.45, 7) is 3.98. The number of carbonyl (C=O) groups excluding carboxylic acids is 2. The summed E-state index contributed by atoms with van der Waals surface area (Å²) in [6.07, 6.45) is -0.746. The number of rotatable bonds is 6. The molecule has 0 bridgehead atoms. The van der Waals surface area contributed by atoms with Gasteiger partial charge in [-0.1, -0.05) is 12.1 Å². The van der Waals surface area contributed by atoms with E-state index >= 15 is 0 Å². The van der Waals surface area contributed by atoms with E-state index in [9.17, 15) is 14.7 Å². The van der Waals surface area contributed by atoms with Crippen LogP contribution in [0, 0.1) is 11.3 Å². The summed E-state index contributed by atoms with van der Waals surface area (Å²) in [5, 5.41) is 23.6. The molecule has 1 rings (SSSR count). The molecule has 0 radical (unpaired) electrons. The average Bonchev–Trinajstić information content (AvgIpc) is 2.52. The van der Waals surface area contributed by atoms with Crippen LogP contribution in [0.25, 0.3) is 0 Å². The van der Waals surface area contributed by atoms with Gasteiger partial charge in [0.15, 0.2) is 0 Å². The lowest BCUT2D eigenvalue weighted by Crippen LogP contribution is -2.42. The van der Waals surface area contributed by atoms with Gasteiger partial charge in [0.1, 0.15) is 0 Å². The maximum atomic E-state index is 11.8. The largest absolute Gasteiger partial charge is 0.390 e. The first-order valence-electron chi connectivity index (χ1n) is 7.59. The van der Waals surface area contributed by atoms with Crippen LogP contribution in [-0.4, -0.2) is 55.1 Å². The Morgan fingerprint density at radius 3 is 2.33 bits per heavy atom. The molecule has 0 heterocycles. The number of hydrogen-bond acceptors (Lipinski definition) is 5. The molecular weight excluding hydrogens is 308 g/mol. The number of nitrogens with zero attached hydrogens (tertiary/aromatic N) is 2. The van der Waals surface area contributed by atoms with E-state index < -0.39 is 23.3 Å². The minimum Gasteiger partial charge on any atom is -0.390 e. The molecule has 0 saturated heterocycles. The van der Waals surface area contributed by atoms with Gasteiger partial charge < -0.3 is 20.6 Å².